The lowest BCUT2D eigenvalue weighted by Gasteiger charge is -2.38. The molecule has 0 bridgehead atoms. The van der Waals surface area contributed by atoms with Gasteiger partial charge in [-0.3, -0.25) is 34.3 Å². The molecule has 3 fully saturated rings. The number of aliphatic hydroxyl groups is 1. The van der Waals surface area contributed by atoms with E-state index in [-0.39, 0.29) is 30.7 Å². The largest absolute Gasteiger partial charge is 0.369 e. The molecular formula is C24H32N6O5. The predicted octanol–water partition coefficient (Wildman–Crippen LogP) is -0.990. The number of aliphatic hydroxyl groups excluding tert-OH is 1. The highest BCUT2D eigenvalue weighted by atomic mass is 16.3. The van der Waals surface area contributed by atoms with Crippen LogP contribution in [0.3, 0.4) is 0 Å². The average Bonchev–Trinajstić information content (AvgIpc) is 3.10. The molecule has 4 amide bonds. The highest BCUT2D eigenvalue weighted by Crippen LogP contribution is 2.40. The molecule has 2 unspecified atom stereocenters. The van der Waals surface area contributed by atoms with Crippen molar-refractivity contribution in [3.05, 3.63) is 29.3 Å². The van der Waals surface area contributed by atoms with Gasteiger partial charge in [-0.25, -0.2) is 0 Å². The van der Waals surface area contributed by atoms with Crippen molar-refractivity contribution >= 4 is 29.3 Å². The molecule has 188 valence electrons. The zero-order valence-electron chi connectivity index (χ0n) is 19.7. The second kappa shape index (κ2) is 9.56. The standard InChI is InChI=1S/C24H32N6O5/c25-15-3-2-8-29(13-15)20(32)14-27-9-11-28(12-10-27)17-5-1-4-16-21(17)24(35)30(23(16)34)18-6-7-19(31)26-22(18)33/h1,4-5,15,18,23,34H,2-3,6-14,25H2,(H,26,31,33)/t15?,18?,23-/m0/s1. The first-order valence-electron chi connectivity index (χ1n) is 12.3. The molecule has 0 aromatic heterocycles. The van der Waals surface area contributed by atoms with E-state index >= 15 is 0 Å². The van der Waals surface area contributed by atoms with Gasteiger partial charge in [-0.05, 0) is 25.3 Å². The zero-order valence-corrected chi connectivity index (χ0v) is 19.7. The number of imide groups is 1. The van der Waals surface area contributed by atoms with Crippen LogP contribution in [-0.4, -0.2) is 101 Å². The van der Waals surface area contributed by atoms with Crippen molar-refractivity contribution in [2.24, 2.45) is 5.73 Å². The van der Waals surface area contributed by atoms with E-state index in [9.17, 15) is 24.3 Å². The van der Waals surface area contributed by atoms with Crippen LogP contribution in [0.2, 0.25) is 0 Å². The summed E-state index contributed by atoms with van der Waals surface area (Å²) in [5.74, 6) is -1.23. The minimum atomic E-state index is -1.24. The third kappa shape index (κ3) is 4.51. The molecule has 1 aromatic carbocycles. The smallest absolute Gasteiger partial charge is 0.259 e. The molecule has 1 aromatic rings. The minimum absolute atomic E-state index is 0.0531. The van der Waals surface area contributed by atoms with Gasteiger partial charge in [0, 0.05) is 57.3 Å². The Hall–Kier alpha value is -3.02. The number of amides is 4. The highest BCUT2D eigenvalue weighted by Gasteiger charge is 2.46. The van der Waals surface area contributed by atoms with E-state index in [1.165, 1.54) is 4.90 Å². The zero-order chi connectivity index (χ0) is 24.7. The van der Waals surface area contributed by atoms with E-state index in [4.69, 9.17) is 5.73 Å². The maximum absolute atomic E-state index is 13.4. The Bertz CT molecular complexity index is 1040. The molecule has 0 spiro atoms. The highest BCUT2D eigenvalue weighted by molar-refractivity contribution is 6.08. The number of nitrogens with one attached hydrogen (secondary N) is 1. The monoisotopic (exact) mass is 484 g/mol. The molecule has 4 heterocycles. The number of nitrogens with zero attached hydrogens (tertiary/aromatic N) is 4. The summed E-state index contributed by atoms with van der Waals surface area (Å²) in [6, 6.07) is 4.52. The van der Waals surface area contributed by atoms with Crippen LogP contribution >= 0.6 is 0 Å². The van der Waals surface area contributed by atoms with Crippen LogP contribution in [0, 0.1) is 0 Å². The van der Waals surface area contributed by atoms with E-state index in [2.05, 4.69) is 15.1 Å². The van der Waals surface area contributed by atoms with Crippen molar-refractivity contribution in [1.29, 1.82) is 0 Å². The lowest BCUT2D eigenvalue weighted by molar-refractivity contribution is -0.139. The van der Waals surface area contributed by atoms with Gasteiger partial charge in [0.2, 0.25) is 17.7 Å². The topological polar surface area (TPSA) is 140 Å². The van der Waals surface area contributed by atoms with Gasteiger partial charge in [0.1, 0.15) is 6.04 Å². The van der Waals surface area contributed by atoms with E-state index in [1.54, 1.807) is 12.1 Å². The third-order valence-electron chi connectivity index (χ3n) is 7.49. The van der Waals surface area contributed by atoms with Crippen molar-refractivity contribution in [3.63, 3.8) is 0 Å². The third-order valence-corrected chi connectivity index (χ3v) is 7.49. The van der Waals surface area contributed by atoms with Crippen molar-refractivity contribution in [3.8, 4) is 0 Å². The normalized spacial score (nSPS) is 27.8. The van der Waals surface area contributed by atoms with Gasteiger partial charge in [-0.1, -0.05) is 12.1 Å². The molecule has 11 nitrogen and oxygen atoms in total. The number of anilines is 1. The summed E-state index contributed by atoms with van der Waals surface area (Å²) < 4.78 is 0. The van der Waals surface area contributed by atoms with Gasteiger partial charge in [0.25, 0.3) is 5.91 Å². The fourth-order valence-electron chi connectivity index (χ4n) is 5.59. The van der Waals surface area contributed by atoms with Crippen LogP contribution in [-0.2, 0) is 14.4 Å². The Kier molecular flexibility index (Phi) is 6.47. The van der Waals surface area contributed by atoms with Gasteiger partial charge in [0.05, 0.1) is 17.8 Å². The molecule has 0 saturated carbocycles. The number of nitrogens with two attached hydrogens (primary N) is 1. The summed E-state index contributed by atoms with van der Waals surface area (Å²) in [5, 5.41) is 13.2. The summed E-state index contributed by atoms with van der Waals surface area (Å²) in [7, 11) is 0. The molecule has 4 N–H and O–H groups in total. The Labute approximate surface area is 203 Å². The molecule has 0 aliphatic carbocycles. The van der Waals surface area contributed by atoms with Crippen molar-refractivity contribution in [1.82, 2.24) is 20.0 Å². The number of rotatable bonds is 4. The van der Waals surface area contributed by atoms with Gasteiger partial charge in [0.15, 0.2) is 6.23 Å². The van der Waals surface area contributed by atoms with E-state index < -0.39 is 24.1 Å². The number of hydrogen-bond acceptors (Lipinski definition) is 8. The van der Waals surface area contributed by atoms with Crippen LogP contribution in [0.5, 0.6) is 0 Å². The van der Waals surface area contributed by atoms with Gasteiger partial charge < -0.3 is 20.6 Å². The Balaban J connectivity index is 1.25. The Morgan fingerprint density at radius 1 is 1.09 bits per heavy atom. The molecular weight excluding hydrogens is 452 g/mol. The summed E-state index contributed by atoms with van der Waals surface area (Å²) in [4.78, 5) is 57.3. The summed E-state index contributed by atoms with van der Waals surface area (Å²) >= 11 is 0. The van der Waals surface area contributed by atoms with E-state index in [0.717, 1.165) is 19.4 Å². The Morgan fingerprint density at radius 3 is 2.57 bits per heavy atom. The molecule has 3 atom stereocenters. The molecule has 4 aliphatic rings. The quantitative estimate of drug-likeness (QED) is 0.463. The van der Waals surface area contributed by atoms with Gasteiger partial charge >= 0.3 is 0 Å². The second-order valence-corrected chi connectivity index (χ2v) is 9.80. The summed E-state index contributed by atoms with van der Waals surface area (Å²) in [6.07, 6.45) is 0.968. The first-order chi connectivity index (χ1) is 16.8. The molecule has 0 radical (unpaired) electrons. The minimum Gasteiger partial charge on any atom is -0.369 e. The molecule has 5 rings (SSSR count). The number of piperazine rings is 1. The van der Waals surface area contributed by atoms with E-state index in [0.29, 0.717) is 56.1 Å². The molecule has 4 aliphatic heterocycles. The van der Waals surface area contributed by atoms with Gasteiger partial charge in [-0.15, -0.1) is 0 Å². The average molecular weight is 485 g/mol. The van der Waals surface area contributed by atoms with Crippen LogP contribution in [0.25, 0.3) is 0 Å². The number of carbonyl (C=O) groups is 4. The van der Waals surface area contributed by atoms with Crippen molar-refractivity contribution in [2.45, 2.75) is 44.0 Å². The van der Waals surface area contributed by atoms with Crippen LogP contribution in [0.15, 0.2) is 18.2 Å². The Morgan fingerprint density at radius 2 is 1.86 bits per heavy atom. The fourth-order valence-corrected chi connectivity index (χ4v) is 5.59. The predicted molar refractivity (Wildman–Crippen MR) is 126 cm³/mol. The van der Waals surface area contributed by atoms with Crippen LogP contribution < -0.4 is 16.0 Å². The first-order valence-corrected chi connectivity index (χ1v) is 12.3. The second-order valence-electron chi connectivity index (χ2n) is 9.80. The molecule has 11 heteroatoms. The maximum atomic E-state index is 13.4. The first kappa shape index (κ1) is 23.7. The van der Waals surface area contributed by atoms with E-state index in [1.807, 2.05) is 11.0 Å². The number of hydrogen-bond donors (Lipinski definition) is 3. The maximum Gasteiger partial charge on any atom is 0.259 e. The molecule has 3 saturated heterocycles. The lowest BCUT2D eigenvalue weighted by atomic mass is 10.0. The van der Waals surface area contributed by atoms with Crippen molar-refractivity contribution < 1.29 is 24.3 Å². The number of likely N-dealkylation sites (tertiary alicyclic amines) is 1. The van der Waals surface area contributed by atoms with Crippen LogP contribution in [0.1, 0.15) is 47.8 Å². The number of fused-ring (bicyclic) bond motifs is 1. The van der Waals surface area contributed by atoms with Crippen molar-refractivity contribution in [2.75, 3.05) is 50.7 Å². The van der Waals surface area contributed by atoms with Crippen LogP contribution in [0.4, 0.5) is 5.69 Å². The number of benzene rings is 1. The molecule has 35 heavy (non-hydrogen) atoms. The SMILES string of the molecule is NC1CCCN(C(=O)CN2CCN(c3cccc4c3C(=O)N(C3CCC(=O)NC3=O)[C@H]4O)CC2)C1. The number of carbonyl (C=O) groups excluding carboxylic acids is 4. The lowest BCUT2D eigenvalue weighted by Crippen LogP contribution is -2.53. The van der Waals surface area contributed by atoms with Gasteiger partial charge in [-0.2, -0.15) is 0 Å². The summed E-state index contributed by atoms with van der Waals surface area (Å²) in [6.45, 7) is 4.33. The number of piperidine rings is 2. The fraction of sp³-hybridized carbons (Fsp3) is 0.583. The summed E-state index contributed by atoms with van der Waals surface area (Å²) in [5.41, 5.74) is 7.60.